The minimum atomic E-state index is -0.260. The summed E-state index contributed by atoms with van der Waals surface area (Å²) in [6.45, 7) is 4.75. The van der Waals surface area contributed by atoms with E-state index in [0.717, 1.165) is 17.7 Å². The molecule has 0 aromatic heterocycles. The van der Waals surface area contributed by atoms with Gasteiger partial charge in [0.25, 0.3) is 5.91 Å². The van der Waals surface area contributed by atoms with Crippen molar-refractivity contribution in [3.8, 4) is 11.5 Å². The van der Waals surface area contributed by atoms with Crippen molar-refractivity contribution < 1.29 is 14.3 Å². The number of halogens is 1. The van der Waals surface area contributed by atoms with Crippen LogP contribution in [0.3, 0.4) is 0 Å². The molecule has 150 valence electrons. The average molecular weight is 410 g/mol. The largest absolute Gasteiger partial charge is 0.488 e. The Morgan fingerprint density at radius 3 is 2.31 bits per heavy atom. The summed E-state index contributed by atoms with van der Waals surface area (Å²) in [4.78, 5) is 12.8. The lowest BCUT2D eigenvalue weighted by Gasteiger charge is -2.15. The molecule has 0 aliphatic rings. The zero-order chi connectivity index (χ0) is 20.6. The molecule has 29 heavy (non-hydrogen) atoms. The van der Waals surface area contributed by atoms with E-state index in [2.05, 4.69) is 12.2 Å². The number of nitrogens with one attached hydrogen (secondary N) is 1. The molecule has 0 radical (unpaired) electrons. The van der Waals surface area contributed by atoms with Gasteiger partial charge in [0, 0.05) is 11.3 Å². The van der Waals surface area contributed by atoms with E-state index in [-0.39, 0.29) is 5.91 Å². The Morgan fingerprint density at radius 2 is 1.66 bits per heavy atom. The van der Waals surface area contributed by atoms with Crippen molar-refractivity contribution in [3.63, 3.8) is 0 Å². The Balaban J connectivity index is 1.82. The van der Waals surface area contributed by atoms with Crippen LogP contribution in [0.1, 0.15) is 35.3 Å². The maximum absolute atomic E-state index is 12.8. The van der Waals surface area contributed by atoms with Gasteiger partial charge in [-0.3, -0.25) is 4.79 Å². The van der Waals surface area contributed by atoms with Crippen LogP contribution < -0.4 is 14.8 Å². The first kappa shape index (κ1) is 20.7. The summed E-state index contributed by atoms with van der Waals surface area (Å²) in [5.74, 6) is 0.618. The normalized spacial score (nSPS) is 10.4. The molecule has 1 N–H and O–H groups in total. The SMILES string of the molecule is CCOc1c(Cl)cc(C(=O)Nc2ccc(CC)cc2)cc1OCc1ccccc1. The lowest BCUT2D eigenvalue weighted by molar-refractivity contribution is 0.102. The molecule has 0 aliphatic heterocycles. The summed E-state index contributed by atoms with van der Waals surface area (Å²) in [5, 5.41) is 3.23. The van der Waals surface area contributed by atoms with Crippen LogP contribution >= 0.6 is 11.6 Å². The molecule has 0 heterocycles. The minimum absolute atomic E-state index is 0.260. The smallest absolute Gasteiger partial charge is 0.255 e. The van der Waals surface area contributed by atoms with E-state index >= 15 is 0 Å². The number of amides is 1. The van der Waals surface area contributed by atoms with Gasteiger partial charge < -0.3 is 14.8 Å². The number of benzene rings is 3. The van der Waals surface area contributed by atoms with Gasteiger partial charge in [0.2, 0.25) is 0 Å². The Hall–Kier alpha value is -2.98. The molecule has 0 fully saturated rings. The molecule has 0 spiro atoms. The molecule has 3 aromatic rings. The fourth-order valence-corrected chi connectivity index (χ4v) is 3.12. The summed E-state index contributed by atoms with van der Waals surface area (Å²) in [6, 6.07) is 20.8. The van der Waals surface area contributed by atoms with Gasteiger partial charge >= 0.3 is 0 Å². The van der Waals surface area contributed by atoms with Gasteiger partial charge in [0.1, 0.15) is 6.61 Å². The van der Waals surface area contributed by atoms with E-state index in [0.29, 0.717) is 35.3 Å². The van der Waals surface area contributed by atoms with Crippen LogP contribution in [0.5, 0.6) is 11.5 Å². The molecule has 1 amide bonds. The lowest BCUT2D eigenvalue weighted by atomic mass is 10.1. The zero-order valence-corrected chi connectivity index (χ0v) is 17.3. The summed E-state index contributed by atoms with van der Waals surface area (Å²) < 4.78 is 11.6. The van der Waals surface area contributed by atoms with E-state index in [1.807, 2.05) is 61.5 Å². The first-order valence-corrected chi connectivity index (χ1v) is 10.0. The van der Waals surface area contributed by atoms with Crippen LogP contribution in [0.25, 0.3) is 0 Å². The van der Waals surface area contributed by atoms with Gasteiger partial charge in [0.15, 0.2) is 11.5 Å². The Labute approximate surface area is 176 Å². The number of aryl methyl sites for hydroxylation is 1. The molecule has 0 atom stereocenters. The van der Waals surface area contributed by atoms with E-state index in [1.54, 1.807) is 12.1 Å². The third kappa shape index (κ3) is 5.52. The first-order chi connectivity index (χ1) is 14.1. The highest BCUT2D eigenvalue weighted by Gasteiger charge is 2.17. The molecule has 0 saturated heterocycles. The number of rotatable bonds is 8. The molecular formula is C24H24ClNO3. The van der Waals surface area contributed by atoms with Crippen molar-refractivity contribution in [2.24, 2.45) is 0 Å². The second kappa shape index (κ2) is 9.99. The maximum atomic E-state index is 12.8. The predicted molar refractivity (Wildman–Crippen MR) is 117 cm³/mol. The second-order valence-electron chi connectivity index (χ2n) is 6.50. The number of anilines is 1. The number of carbonyl (C=O) groups is 1. The van der Waals surface area contributed by atoms with Crippen molar-refractivity contribution >= 4 is 23.2 Å². The molecule has 0 saturated carbocycles. The highest BCUT2D eigenvalue weighted by Crippen LogP contribution is 2.37. The summed E-state index contributed by atoms with van der Waals surface area (Å²) in [5.41, 5.74) is 3.35. The molecule has 3 aromatic carbocycles. The van der Waals surface area contributed by atoms with Gasteiger partial charge in [-0.25, -0.2) is 0 Å². The average Bonchev–Trinajstić information content (AvgIpc) is 2.75. The van der Waals surface area contributed by atoms with Crippen molar-refractivity contribution in [3.05, 3.63) is 88.4 Å². The van der Waals surface area contributed by atoms with Crippen LogP contribution in [-0.2, 0) is 13.0 Å². The quantitative estimate of drug-likeness (QED) is 0.486. The van der Waals surface area contributed by atoms with Crippen molar-refractivity contribution in [1.82, 2.24) is 0 Å². The van der Waals surface area contributed by atoms with Crippen LogP contribution in [0, 0.1) is 0 Å². The van der Waals surface area contributed by atoms with Gasteiger partial charge in [-0.2, -0.15) is 0 Å². The van der Waals surface area contributed by atoms with Gasteiger partial charge in [-0.05, 0) is 48.7 Å². The number of hydrogen-bond donors (Lipinski definition) is 1. The van der Waals surface area contributed by atoms with Gasteiger partial charge in [-0.15, -0.1) is 0 Å². The van der Waals surface area contributed by atoms with Gasteiger partial charge in [0.05, 0.1) is 11.6 Å². The zero-order valence-electron chi connectivity index (χ0n) is 16.6. The molecule has 0 unspecified atom stereocenters. The van der Waals surface area contributed by atoms with Crippen molar-refractivity contribution in [2.45, 2.75) is 26.9 Å². The van der Waals surface area contributed by atoms with E-state index in [9.17, 15) is 4.79 Å². The van der Waals surface area contributed by atoms with Crippen LogP contribution in [0.15, 0.2) is 66.7 Å². The van der Waals surface area contributed by atoms with Crippen molar-refractivity contribution in [1.29, 1.82) is 0 Å². The van der Waals surface area contributed by atoms with Crippen molar-refractivity contribution in [2.75, 3.05) is 11.9 Å². The topological polar surface area (TPSA) is 47.6 Å². The molecule has 3 rings (SSSR count). The van der Waals surface area contributed by atoms with E-state index < -0.39 is 0 Å². The lowest BCUT2D eigenvalue weighted by Crippen LogP contribution is -2.12. The molecule has 0 bridgehead atoms. The Bertz CT molecular complexity index is 956. The Kier molecular flexibility index (Phi) is 7.14. The minimum Gasteiger partial charge on any atom is -0.488 e. The fraction of sp³-hybridized carbons (Fsp3) is 0.208. The maximum Gasteiger partial charge on any atom is 0.255 e. The highest BCUT2D eigenvalue weighted by atomic mass is 35.5. The number of carbonyl (C=O) groups excluding carboxylic acids is 1. The molecule has 0 aliphatic carbocycles. The van der Waals surface area contributed by atoms with Crippen LogP contribution in [0.4, 0.5) is 5.69 Å². The summed E-state index contributed by atoms with van der Waals surface area (Å²) in [6.07, 6.45) is 0.949. The molecule has 5 heteroatoms. The summed E-state index contributed by atoms with van der Waals surface area (Å²) in [7, 11) is 0. The van der Waals surface area contributed by atoms with Crippen LogP contribution in [0.2, 0.25) is 5.02 Å². The third-order valence-corrected chi connectivity index (χ3v) is 4.70. The standard InChI is InChI=1S/C24H24ClNO3/c1-3-17-10-12-20(13-11-17)26-24(27)19-14-21(25)23(28-4-2)22(15-19)29-16-18-8-6-5-7-9-18/h5-15H,3-4,16H2,1-2H3,(H,26,27). The summed E-state index contributed by atoms with van der Waals surface area (Å²) >= 11 is 6.40. The first-order valence-electron chi connectivity index (χ1n) is 9.64. The van der Waals surface area contributed by atoms with Gasteiger partial charge in [-0.1, -0.05) is 61.0 Å². The second-order valence-corrected chi connectivity index (χ2v) is 6.90. The predicted octanol–water partition coefficient (Wildman–Crippen LogP) is 6.13. The fourth-order valence-electron chi connectivity index (χ4n) is 2.85. The highest BCUT2D eigenvalue weighted by molar-refractivity contribution is 6.32. The Morgan fingerprint density at radius 1 is 0.931 bits per heavy atom. The third-order valence-electron chi connectivity index (χ3n) is 4.42. The van der Waals surface area contributed by atoms with Crippen LogP contribution in [-0.4, -0.2) is 12.5 Å². The molecule has 4 nitrogen and oxygen atoms in total. The van der Waals surface area contributed by atoms with E-state index in [1.165, 1.54) is 5.56 Å². The number of hydrogen-bond acceptors (Lipinski definition) is 3. The van der Waals surface area contributed by atoms with E-state index in [4.69, 9.17) is 21.1 Å². The molecular weight excluding hydrogens is 386 g/mol. The number of ether oxygens (including phenoxy) is 2. The monoisotopic (exact) mass is 409 g/mol.